The minimum atomic E-state index is 0.917. The molecule has 0 aliphatic heterocycles. The summed E-state index contributed by atoms with van der Waals surface area (Å²) in [5, 5.41) is 0. The molecule has 1 aromatic rings. The molecule has 1 rings (SSSR count). The van der Waals surface area contributed by atoms with E-state index in [1.807, 2.05) is 12.1 Å². The van der Waals surface area contributed by atoms with E-state index in [1.54, 1.807) is 0 Å². The van der Waals surface area contributed by atoms with Gasteiger partial charge in [0.1, 0.15) is 0 Å². The Kier molecular flexibility index (Phi) is 3.39. The highest BCUT2D eigenvalue weighted by molar-refractivity contribution is 5.46. The molecule has 0 spiro atoms. The topological polar surface area (TPSA) is 3.24 Å². The summed E-state index contributed by atoms with van der Waals surface area (Å²) in [5.74, 6) is 0. The van der Waals surface area contributed by atoms with Crippen molar-refractivity contribution < 1.29 is 0 Å². The van der Waals surface area contributed by atoms with Crippen LogP contribution in [0.15, 0.2) is 43.0 Å². The number of anilines is 1. The fraction of sp³-hybridized carbons (Fsp3) is 0.273. The Balaban J connectivity index is 2.72. The van der Waals surface area contributed by atoms with Crippen LogP contribution >= 0.6 is 0 Å². The fourth-order valence-electron chi connectivity index (χ4n) is 1.21. The second kappa shape index (κ2) is 4.60. The smallest absolute Gasteiger partial charge is 0.0368 e. The Morgan fingerprint density at radius 2 is 2.00 bits per heavy atom. The molecule has 1 nitrogen and oxygen atoms in total. The van der Waals surface area contributed by atoms with Crippen molar-refractivity contribution in [3.8, 4) is 0 Å². The lowest BCUT2D eigenvalue weighted by Gasteiger charge is -2.20. The normalized spacial score (nSPS) is 9.42. The minimum Gasteiger partial charge on any atom is -0.368 e. The number of benzene rings is 1. The molecule has 0 radical (unpaired) electrons. The van der Waals surface area contributed by atoms with Gasteiger partial charge in [-0.2, -0.15) is 0 Å². The van der Waals surface area contributed by atoms with Crippen LogP contribution in [0.25, 0.3) is 0 Å². The van der Waals surface area contributed by atoms with E-state index < -0.39 is 0 Å². The van der Waals surface area contributed by atoms with Gasteiger partial charge in [0.05, 0.1) is 0 Å². The van der Waals surface area contributed by atoms with Crippen LogP contribution in [0.1, 0.15) is 6.92 Å². The zero-order chi connectivity index (χ0) is 8.81. The quantitative estimate of drug-likeness (QED) is 0.614. The lowest BCUT2D eigenvalue weighted by molar-refractivity contribution is 0.907. The third-order valence-electron chi connectivity index (χ3n) is 1.85. The largest absolute Gasteiger partial charge is 0.368 e. The number of rotatable bonds is 4. The van der Waals surface area contributed by atoms with Gasteiger partial charge in [0.15, 0.2) is 0 Å². The predicted molar refractivity (Wildman–Crippen MR) is 54.5 cm³/mol. The number of hydrogen-bond acceptors (Lipinski definition) is 1. The summed E-state index contributed by atoms with van der Waals surface area (Å²) < 4.78 is 0. The average molecular weight is 161 g/mol. The molecule has 0 fully saturated rings. The Morgan fingerprint density at radius 1 is 1.33 bits per heavy atom. The first-order chi connectivity index (χ1) is 5.88. The zero-order valence-corrected chi connectivity index (χ0v) is 7.53. The molecule has 0 saturated heterocycles. The third-order valence-corrected chi connectivity index (χ3v) is 1.85. The van der Waals surface area contributed by atoms with Crippen molar-refractivity contribution >= 4 is 5.69 Å². The molecule has 0 saturated carbocycles. The second-order valence-electron chi connectivity index (χ2n) is 2.66. The van der Waals surface area contributed by atoms with Gasteiger partial charge in [-0.1, -0.05) is 24.3 Å². The Hall–Kier alpha value is -1.24. The lowest BCUT2D eigenvalue weighted by atomic mass is 10.3. The molecule has 0 aliphatic rings. The molecule has 0 aromatic heterocycles. The van der Waals surface area contributed by atoms with Crippen molar-refractivity contribution in [2.75, 3.05) is 18.0 Å². The van der Waals surface area contributed by atoms with Crippen LogP contribution in [0.5, 0.6) is 0 Å². The number of nitrogens with zero attached hydrogens (tertiary/aromatic N) is 1. The molecule has 12 heavy (non-hydrogen) atoms. The average Bonchev–Trinajstić information content (AvgIpc) is 2.15. The van der Waals surface area contributed by atoms with Gasteiger partial charge in [0, 0.05) is 18.8 Å². The maximum absolute atomic E-state index is 3.73. The molecule has 1 heteroatoms. The van der Waals surface area contributed by atoms with Crippen LogP contribution < -0.4 is 4.90 Å². The van der Waals surface area contributed by atoms with Crippen molar-refractivity contribution in [2.45, 2.75) is 6.92 Å². The SMILES string of the molecule is C=CCN(CC)c1ccccc1. The molecule has 0 amide bonds. The predicted octanol–water partition coefficient (Wildman–Crippen LogP) is 2.70. The van der Waals surface area contributed by atoms with E-state index in [-0.39, 0.29) is 0 Å². The highest BCUT2D eigenvalue weighted by Gasteiger charge is 1.98. The van der Waals surface area contributed by atoms with Crippen molar-refractivity contribution in [1.82, 2.24) is 0 Å². The standard InChI is InChI=1S/C11H15N/c1-3-10-12(4-2)11-8-6-5-7-9-11/h3,5-9H,1,4,10H2,2H3. The number of para-hydroxylation sites is 1. The summed E-state index contributed by atoms with van der Waals surface area (Å²) >= 11 is 0. The minimum absolute atomic E-state index is 0.917. The Morgan fingerprint density at radius 3 is 2.50 bits per heavy atom. The van der Waals surface area contributed by atoms with Gasteiger partial charge in [0.25, 0.3) is 0 Å². The number of likely N-dealkylation sites (N-methyl/N-ethyl adjacent to an activating group) is 1. The van der Waals surface area contributed by atoms with E-state index in [1.165, 1.54) is 5.69 Å². The third kappa shape index (κ3) is 2.12. The van der Waals surface area contributed by atoms with Gasteiger partial charge in [-0.15, -0.1) is 6.58 Å². The highest BCUT2D eigenvalue weighted by atomic mass is 15.1. The maximum atomic E-state index is 3.73. The molecule has 64 valence electrons. The monoisotopic (exact) mass is 161 g/mol. The second-order valence-corrected chi connectivity index (χ2v) is 2.66. The van der Waals surface area contributed by atoms with Crippen LogP contribution in [0.2, 0.25) is 0 Å². The van der Waals surface area contributed by atoms with Gasteiger partial charge in [-0.05, 0) is 19.1 Å². The molecule has 0 aliphatic carbocycles. The van der Waals surface area contributed by atoms with Gasteiger partial charge in [0.2, 0.25) is 0 Å². The van der Waals surface area contributed by atoms with Crippen LogP contribution in [0.4, 0.5) is 5.69 Å². The molecule has 1 aromatic carbocycles. The van der Waals surface area contributed by atoms with Crippen LogP contribution in [0.3, 0.4) is 0 Å². The molecule has 0 bridgehead atoms. The Labute approximate surface area is 74.3 Å². The van der Waals surface area contributed by atoms with Crippen LogP contribution in [-0.4, -0.2) is 13.1 Å². The van der Waals surface area contributed by atoms with Gasteiger partial charge in [-0.3, -0.25) is 0 Å². The molecular weight excluding hydrogens is 146 g/mol. The summed E-state index contributed by atoms with van der Waals surface area (Å²) in [6.07, 6.45) is 1.93. The van der Waals surface area contributed by atoms with Crippen LogP contribution in [-0.2, 0) is 0 Å². The van der Waals surface area contributed by atoms with Crippen molar-refractivity contribution in [3.05, 3.63) is 43.0 Å². The first-order valence-electron chi connectivity index (χ1n) is 4.29. The lowest BCUT2D eigenvalue weighted by Crippen LogP contribution is -2.22. The van der Waals surface area contributed by atoms with Gasteiger partial charge in [-0.25, -0.2) is 0 Å². The van der Waals surface area contributed by atoms with Crippen molar-refractivity contribution in [1.29, 1.82) is 0 Å². The first kappa shape index (κ1) is 8.85. The summed E-state index contributed by atoms with van der Waals surface area (Å²) in [5.41, 5.74) is 1.26. The van der Waals surface area contributed by atoms with Crippen molar-refractivity contribution in [3.63, 3.8) is 0 Å². The summed E-state index contributed by atoms with van der Waals surface area (Å²) in [4.78, 5) is 2.27. The molecule has 0 unspecified atom stereocenters. The molecular formula is C11H15N. The van der Waals surface area contributed by atoms with Gasteiger partial charge < -0.3 is 4.90 Å². The summed E-state index contributed by atoms with van der Waals surface area (Å²) in [6, 6.07) is 10.4. The Bertz CT molecular complexity index is 228. The van der Waals surface area contributed by atoms with E-state index >= 15 is 0 Å². The van der Waals surface area contributed by atoms with Crippen molar-refractivity contribution in [2.24, 2.45) is 0 Å². The van der Waals surface area contributed by atoms with E-state index in [9.17, 15) is 0 Å². The zero-order valence-electron chi connectivity index (χ0n) is 7.53. The fourth-order valence-corrected chi connectivity index (χ4v) is 1.21. The van der Waals surface area contributed by atoms with E-state index in [2.05, 4.69) is 42.7 Å². The summed E-state index contributed by atoms with van der Waals surface area (Å²) in [6.45, 7) is 7.82. The van der Waals surface area contributed by atoms with Gasteiger partial charge >= 0.3 is 0 Å². The first-order valence-corrected chi connectivity index (χ1v) is 4.29. The number of hydrogen-bond donors (Lipinski definition) is 0. The highest BCUT2D eigenvalue weighted by Crippen LogP contribution is 2.11. The van der Waals surface area contributed by atoms with E-state index in [0.717, 1.165) is 13.1 Å². The summed E-state index contributed by atoms with van der Waals surface area (Å²) in [7, 11) is 0. The van der Waals surface area contributed by atoms with Crippen LogP contribution in [0, 0.1) is 0 Å². The maximum Gasteiger partial charge on any atom is 0.0368 e. The molecule has 0 atom stereocenters. The van der Waals surface area contributed by atoms with E-state index in [0.29, 0.717) is 0 Å². The van der Waals surface area contributed by atoms with E-state index in [4.69, 9.17) is 0 Å². The molecule has 0 N–H and O–H groups in total. The molecule has 0 heterocycles.